The lowest BCUT2D eigenvalue weighted by Crippen LogP contribution is -2.43. The minimum Gasteiger partial charge on any atom is -0.330 e. The van der Waals surface area contributed by atoms with E-state index in [9.17, 15) is 0 Å². The van der Waals surface area contributed by atoms with Crippen LogP contribution in [0.5, 0.6) is 0 Å². The highest BCUT2D eigenvalue weighted by Gasteiger charge is 2.45. The van der Waals surface area contributed by atoms with Crippen molar-refractivity contribution in [3.63, 3.8) is 0 Å². The van der Waals surface area contributed by atoms with Gasteiger partial charge in [0.25, 0.3) is 0 Å². The van der Waals surface area contributed by atoms with Gasteiger partial charge in [0.1, 0.15) is 0 Å². The van der Waals surface area contributed by atoms with Gasteiger partial charge in [-0.3, -0.25) is 4.90 Å². The maximum Gasteiger partial charge on any atom is 0.0153 e. The maximum absolute atomic E-state index is 5.91. The molecule has 2 heteroatoms. The smallest absolute Gasteiger partial charge is 0.0153 e. The molecule has 0 radical (unpaired) electrons. The van der Waals surface area contributed by atoms with Crippen LogP contribution in [0.3, 0.4) is 0 Å². The van der Waals surface area contributed by atoms with E-state index in [2.05, 4.69) is 46.4 Å². The molecule has 0 saturated carbocycles. The third-order valence-electron chi connectivity index (χ3n) is 3.81. The van der Waals surface area contributed by atoms with E-state index in [0.29, 0.717) is 22.9 Å². The molecule has 0 aromatic rings. The van der Waals surface area contributed by atoms with E-state index >= 15 is 0 Å². The van der Waals surface area contributed by atoms with Crippen LogP contribution in [-0.2, 0) is 0 Å². The van der Waals surface area contributed by atoms with E-state index < -0.39 is 0 Å². The third kappa shape index (κ3) is 2.73. The Kier molecular flexibility index (Phi) is 3.52. The summed E-state index contributed by atoms with van der Waals surface area (Å²) >= 11 is 0. The summed E-state index contributed by atoms with van der Waals surface area (Å²) in [5.74, 6) is 0. The van der Waals surface area contributed by atoms with E-state index in [0.717, 1.165) is 13.1 Å². The lowest BCUT2D eigenvalue weighted by atomic mass is 9.79. The van der Waals surface area contributed by atoms with Gasteiger partial charge >= 0.3 is 0 Å². The third-order valence-corrected chi connectivity index (χ3v) is 3.81. The fourth-order valence-corrected chi connectivity index (χ4v) is 2.69. The Balaban J connectivity index is 2.86. The monoisotopic (exact) mass is 212 g/mol. The first-order valence-corrected chi connectivity index (χ1v) is 6.15. The highest BCUT2D eigenvalue weighted by atomic mass is 15.2. The molecular formula is C13H28N2. The van der Waals surface area contributed by atoms with Crippen LogP contribution in [0.15, 0.2) is 0 Å². The summed E-state index contributed by atoms with van der Waals surface area (Å²) in [7, 11) is 0. The Morgan fingerprint density at radius 3 is 2.20 bits per heavy atom. The van der Waals surface area contributed by atoms with E-state index in [-0.39, 0.29) is 0 Å². The second-order valence-electron chi connectivity index (χ2n) is 6.87. The summed E-state index contributed by atoms with van der Waals surface area (Å²) in [4.78, 5) is 2.63. The first kappa shape index (κ1) is 13.0. The molecule has 1 aliphatic heterocycles. The average Bonchev–Trinajstić information content (AvgIpc) is 2.44. The summed E-state index contributed by atoms with van der Waals surface area (Å²) in [6, 6.07) is 1.30. The summed E-state index contributed by atoms with van der Waals surface area (Å²) in [6.07, 6.45) is 1.24. The number of likely N-dealkylation sites (tertiary alicyclic amines) is 1. The molecule has 1 heterocycles. The van der Waals surface area contributed by atoms with Gasteiger partial charge in [-0.05, 0) is 37.6 Å². The van der Waals surface area contributed by atoms with Crippen LogP contribution in [-0.4, -0.2) is 30.1 Å². The van der Waals surface area contributed by atoms with Crippen LogP contribution in [0.4, 0.5) is 0 Å². The topological polar surface area (TPSA) is 29.3 Å². The second kappa shape index (κ2) is 4.06. The van der Waals surface area contributed by atoms with E-state index in [1.807, 2.05) is 0 Å². The molecule has 1 unspecified atom stereocenters. The molecule has 2 nitrogen and oxygen atoms in total. The van der Waals surface area contributed by atoms with Crippen LogP contribution in [0.25, 0.3) is 0 Å². The molecule has 90 valence electrons. The standard InChI is InChI=1S/C13H28N2/c1-10(2)15-9-13(6,8-14)7-11(15)12(3,4)5/h10-11H,7-9,14H2,1-6H3/t11?,13-/m0/s1. The summed E-state index contributed by atoms with van der Waals surface area (Å²) in [5.41, 5.74) is 6.59. The summed E-state index contributed by atoms with van der Waals surface area (Å²) in [6.45, 7) is 15.9. The fourth-order valence-electron chi connectivity index (χ4n) is 2.69. The normalized spacial score (nSPS) is 34.0. The van der Waals surface area contributed by atoms with Crippen molar-refractivity contribution in [3.8, 4) is 0 Å². The van der Waals surface area contributed by atoms with E-state index in [1.165, 1.54) is 6.42 Å². The first-order valence-electron chi connectivity index (χ1n) is 6.15. The van der Waals surface area contributed by atoms with Crippen molar-refractivity contribution in [2.45, 2.75) is 60.0 Å². The minimum atomic E-state index is 0.322. The first-order chi connectivity index (χ1) is 6.69. The fraction of sp³-hybridized carbons (Fsp3) is 1.00. The zero-order valence-corrected chi connectivity index (χ0v) is 11.3. The largest absolute Gasteiger partial charge is 0.330 e. The van der Waals surface area contributed by atoms with Crippen molar-refractivity contribution in [3.05, 3.63) is 0 Å². The molecule has 2 atom stereocenters. The molecule has 0 spiro atoms. The van der Waals surface area contributed by atoms with Crippen LogP contribution < -0.4 is 5.73 Å². The highest BCUT2D eigenvalue weighted by Crippen LogP contribution is 2.42. The Morgan fingerprint density at radius 1 is 1.40 bits per heavy atom. The predicted octanol–water partition coefficient (Wildman–Crippen LogP) is 2.48. The zero-order chi connectivity index (χ0) is 11.9. The van der Waals surface area contributed by atoms with Crippen LogP contribution in [0.1, 0.15) is 48.0 Å². The molecule has 1 saturated heterocycles. The van der Waals surface area contributed by atoms with Crippen LogP contribution >= 0.6 is 0 Å². The number of rotatable bonds is 2. The number of nitrogens with two attached hydrogens (primary N) is 1. The van der Waals surface area contributed by atoms with Gasteiger partial charge in [-0.25, -0.2) is 0 Å². The molecule has 0 aromatic carbocycles. The van der Waals surface area contributed by atoms with E-state index in [1.54, 1.807) is 0 Å². The molecule has 1 rings (SSSR count). The van der Waals surface area contributed by atoms with Gasteiger partial charge in [0.05, 0.1) is 0 Å². The molecular weight excluding hydrogens is 184 g/mol. The minimum absolute atomic E-state index is 0.322. The molecule has 0 aliphatic carbocycles. The Hall–Kier alpha value is -0.0800. The zero-order valence-electron chi connectivity index (χ0n) is 11.3. The van der Waals surface area contributed by atoms with Crippen LogP contribution in [0, 0.1) is 10.8 Å². The van der Waals surface area contributed by atoms with Crippen molar-refractivity contribution < 1.29 is 0 Å². The van der Waals surface area contributed by atoms with Crippen molar-refractivity contribution in [1.82, 2.24) is 4.90 Å². The van der Waals surface area contributed by atoms with Gasteiger partial charge in [0.2, 0.25) is 0 Å². The predicted molar refractivity (Wildman–Crippen MR) is 66.9 cm³/mol. The number of nitrogens with zero attached hydrogens (tertiary/aromatic N) is 1. The molecule has 1 aliphatic rings. The Morgan fingerprint density at radius 2 is 1.93 bits per heavy atom. The Labute approximate surface area is 95.2 Å². The Bertz CT molecular complexity index is 217. The van der Waals surface area contributed by atoms with Gasteiger partial charge in [0.15, 0.2) is 0 Å². The molecule has 0 bridgehead atoms. The average molecular weight is 212 g/mol. The van der Waals surface area contributed by atoms with E-state index in [4.69, 9.17) is 5.73 Å². The van der Waals surface area contributed by atoms with Gasteiger partial charge in [0, 0.05) is 18.6 Å². The van der Waals surface area contributed by atoms with Gasteiger partial charge in [-0.1, -0.05) is 27.7 Å². The lowest BCUT2D eigenvalue weighted by Gasteiger charge is -2.37. The highest BCUT2D eigenvalue weighted by molar-refractivity contribution is 4.99. The second-order valence-corrected chi connectivity index (χ2v) is 6.87. The summed E-state index contributed by atoms with van der Waals surface area (Å²) < 4.78 is 0. The lowest BCUT2D eigenvalue weighted by molar-refractivity contribution is 0.110. The van der Waals surface area contributed by atoms with Gasteiger partial charge in [-0.15, -0.1) is 0 Å². The molecule has 0 amide bonds. The van der Waals surface area contributed by atoms with Crippen molar-refractivity contribution in [2.24, 2.45) is 16.6 Å². The summed E-state index contributed by atoms with van der Waals surface area (Å²) in [5, 5.41) is 0. The van der Waals surface area contributed by atoms with Gasteiger partial charge < -0.3 is 5.73 Å². The molecule has 2 N–H and O–H groups in total. The number of hydrogen-bond acceptors (Lipinski definition) is 2. The quantitative estimate of drug-likeness (QED) is 0.762. The van der Waals surface area contributed by atoms with Gasteiger partial charge in [-0.2, -0.15) is 0 Å². The van der Waals surface area contributed by atoms with Crippen molar-refractivity contribution >= 4 is 0 Å². The molecule has 15 heavy (non-hydrogen) atoms. The van der Waals surface area contributed by atoms with Crippen molar-refractivity contribution in [1.29, 1.82) is 0 Å². The van der Waals surface area contributed by atoms with Crippen molar-refractivity contribution in [2.75, 3.05) is 13.1 Å². The maximum atomic E-state index is 5.91. The molecule has 0 aromatic heterocycles. The number of hydrogen-bond donors (Lipinski definition) is 1. The molecule has 1 fully saturated rings. The SMILES string of the molecule is CC(C)N1C[C@](C)(CN)CC1C(C)(C)C. The van der Waals surface area contributed by atoms with Crippen LogP contribution in [0.2, 0.25) is 0 Å².